The summed E-state index contributed by atoms with van der Waals surface area (Å²) in [5.41, 5.74) is 1.60. The maximum Gasteiger partial charge on any atom is 0.337 e. The van der Waals surface area contributed by atoms with Gasteiger partial charge in [-0.2, -0.15) is 0 Å². The maximum atomic E-state index is 13.8. The first kappa shape index (κ1) is 24.4. The van der Waals surface area contributed by atoms with Gasteiger partial charge in [0.15, 0.2) is 11.2 Å². The molecule has 35 heavy (non-hydrogen) atoms. The summed E-state index contributed by atoms with van der Waals surface area (Å²) >= 11 is 0. The van der Waals surface area contributed by atoms with Gasteiger partial charge in [0.25, 0.3) is 0 Å². The fourth-order valence-electron chi connectivity index (χ4n) is 4.88. The first-order valence-electron chi connectivity index (χ1n) is 11.7. The van der Waals surface area contributed by atoms with Gasteiger partial charge in [-0.1, -0.05) is 26.0 Å². The van der Waals surface area contributed by atoms with Crippen LogP contribution in [-0.2, 0) is 23.9 Å². The van der Waals surface area contributed by atoms with Crippen LogP contribution >= 0.6 is 0 Å². The Balaban J connectivity index is 1.95. The molecule has 4 rings (SSSR count). The number of allylic oxidation sites excluding steroid dienone is 3. The molecule has 0 spiro atoms. The van der Waals surface area contributed by atoms with Crippen LogP contribution in [0.15, 0.2) is 62.3 Å². The number of hydrogen-bond donors (Lipinski definition) is 1. The number of nitrogens with one attached hydrogen (secondary N) is 1. The minimum atomic E-state index is -1.05. The van der Waals surface area contributed by atoms with Crippen molar-refractivity contribution in [2.24, 2.45) is 11.8 Å². The average molecular weight is 480 g/mol. The number of rotatable bonds is 5. The number of para-hydroxylation sites is 1. The van der Waals surface area contributed by atoms with Gasteiger partial charge in [0.1, 0.15) is 11.5 Å². The summed E-state index contributed by atoms with van der Waals surface area (Å²) in [7, 11) is 1.24. The highest BCUT2D eigenvalue weighted by molar-refractivity contribution is 6.12. The molecule has 1 aliphatic heterocycles. The number of esters is 2. The Morgan fingerprint density at radius 2 is 1.94 bits per heavy atom. The van der Waals surface area contributed by atoms with Gasteiger partial charge in [-0.05, 0) is 44.7 Å². The summed E-state index contributed by atoms with van der Waals surface area (Å²) in [6.45, 7) is 7.18. The standard InChI is InChI=1S/C27H29NO7/c1-6-14(3)35-27(32)21-15(4)28-18-11-13(2)20(26(31)33-5)25(30)23(18)22(21)17-12-34-19-10-8-7-9-16(19)24(17)29/h7-10,12-14,20,22,28H,6,11H2,1-5H3/t13-,14+,20-,22-/m0/s1. The third-order valence-electron chi connectivity index (χ3n) is 6.86. The lowest BCUT2D eigenvalue weighted by atomic mass is 9.69. The van der Waals surface area contributed by atoms with Crippen molar-refractivity contribution in [2.75, 3.05) is 7.11 Å². The van der Waals surface area contributed by atoms with E-state index in [9.17, 15) is 19.2 Å². The van der Waals surface area contributed by atoms with E-state index < -0.39 is 29.6 Å². The van der Waals surface area contributed by atoms with Gasteiger partial charge in [-0.3, -0.25) is 14.4 Å². The topological polar surface area (TPSA) is 112 Å². The lowest BCUT2D eigenvalue weighted by Gasteiger charge is -2.38. The zero-order valence-corrected chi connectivity index (χ0v) is 20.5. The van der Waals surface area contributed by atoms with Crippen molar-refractivity contribution in [2.45, 2.75) is 52.6 Å². The minimum Gasteiger partial charge on any atom is -0.468 e. The second-order valence-corrected chi connectivity index (χ2v) is 9.18. The monoisotopic (exact) mass is 479 g/mol. The largest absolute Gasteiger partial charge is 0.468 e. The molecule has 0 saturated carbocycles. The van der Waals surface area contributed by atoms with Crippen LogP contribution in [0.3, 0.4) is 0 Å². The first-order valence-corrected chi connectivity index (χ1v) is 11.7. The van der Waals surface area contributed by atoms with E-state index in [1.54, 1.807) is 45.0 Å². The second-order valence-electron chi connectivity index (χ2n) is 9.18. The summed E-state index contributed by atoms with van der Waals surface area (Å²) < 4.78 is 16.3. The van der Waals surface area contributed by atoms with Gasteiger partial charge in [-0.25, -0.2) is 4.79 Å². The molecule has 0 radical (unpaired) electrons. The Bertz CT molecular complexity index is 1330. The number of Topliss-reactive ketones (excluding diaryl/α,β-unsaturated/α-hetero) is 1. The van der Waals surface area contributed by atoms with E-state index in [0.29, 0.717) is 35.2 Å². The SMILES string of the molecule is CC[C@@H](C)OC(=O)C1=C(C)NC2=C(C(=O)[C@@H](C(=O)OC)[C@@H](C)C2)[C@H]1c1coc2ccccc2c1=O. The molecule has 8 heteroatoms. The van der Waals surface area contributed by atoms with Crippen LogP contribution in [0.25, 0.3) is 11.0 Å². The lowest BCUT2D eigenvalue weighted by Crippen LogP contribution is -2.44. The van der Waals surface area contributed by atoms with Crippen molar-refractivity contribution >= 4 is 28.7 Å². The molecule has 0 unspecified atom stereocenters. The third kappa shape index (κ3) is 4.17. The zero-order valence-electron chi connectivity index (χ0n) is 20.5. The van der Waals surface area contributed by atoms with E-state index in [2.05, 4.69) is 5.32 Å². The smallest absolute Gasteiger partial charge is 0.337 e. The summed E-state index contributed by atoms with van der Waals surface area (Å²) in [6.07, 6.45) is 1.91. The van der Waals surface area contributed by atoms with Gasteiger partial charge in [0, 0.05) is 22.5 Å². The van der Waals surface area contributed by atoms with Crippen molar-refractivity contribution in [3.05, 3.63) is 68.9 Å². The van der Waals surface area contributed by atoms with Crippen LogP contribution in [0, 0.1) is 11.8 Å². The quantitative estimate of drug-likeness (QED) is 0.510. The number of carbonyl (C=O) groups is 3. The van der Waals surface area contributed by atoms with E-state index >= 15 is 0 Å². The Morgan fingerprint density at radius 1 is 1.23 bits per heavy atom. The number of dihydropyridines is 1. The number of methoxy groups -OCH3 is 1. The Kier molecular flexibility index (Phi) is 6.65. The number of carbonyl (C=O) groups excluding carboxylic acids is 3. The molecule has 8 nitrogen and oxygen atoms in total. The molecule has 4 atom stereocenters. The fourth-order valence-corrected chi connectivity index (χ4v) is 4.88. The van der Waals surface area contributed by atoms with Crippen LogP contribution in [0.2, 0.25) is 0 Å². The van der Waals surface area contributed by atoms with E-state index in [0.717, 1.165) is 0 Å². The van der Waals surface area contributed by atoms with Gasteiger partial charge in [0.05, 0.1) is 36.4 Å². The summed E-state index contributed by atoms with van der Waals surface area (Å²) in [5, 5.41) is 3.52. The number of ether oxygens (including phenoxy) is 2. The lowest BCUT2D eigenvalue weighted by molar-refractivity contribution is -0.151. The van der Waals surface area contributed by atoms with Crippen LogP contribution in [0.1, 0.15) is 52.0 Å². The van der Waals surface area contributed by atoms with Crippen molar-refractivity contribution in [1.82, 2.24) is 5.32 Å². The maximum absolute atomic E-state index is 13.8. The Labute approximate surface area is 203 Å². The predicted octanol–water partition coefficient (Wildman–Crippen LogP) is 3.75. The summed E-state index contributed by atoms with van der Waals surface area (Å²) in [5.74, 6) is -4.16. The fraction of sp³-hybridized carbons (Fsp3) is 0.407. The molecular weight excluding hydrogens is 450 g/mol. The van der Waals surface area contributed by atoms with E-state index in [-0.39, 0.29) is 34.2 Å². The zero-order chi connectivity index (χ0) is 25.4. The Morgan fingerprint density at radius 3 is 2.63 bits per heavy atom. The van der Waals surface area contributed by atoms with Crippen molar-refractivity contribution < 1.29 is 28.3 Å². The van der Waals surface area contributed by atoms with Crippen molar-refractivity contribution in [1.29, 1.82) is 0 Å². The molecule has 0 amide bonds. The highest BCUT2D eigenvalue weighted by Gasteiger charge is 2.48. The van der Waals surface area contributed by atoms with E-state index in [4.69, 9.17) is 13.9 Å². The molecule has 184 valence electrons. The molecule has 1 aromatic heterocycles. The average Bonchev–Trinajstić information content (AvgIpc) is 2.83. The second kappa shape index (κ2) is 9.52. The van der Waals surface area contributed by atoms with E-state index in [1.807, 2.05) is 6.92 Å². The normalized spacial score (nSPS) is 23.0. The molecule has 0 fully saturated rings. The van der Waals surface area contributed by atoms with Crippen LogP contribution in [-0.4, -0.2) is 30.9 Å². The summed E-state index contributed by atoms with van der Waals surface area (Å²) in [4.78, 5) is 53.3. The highest BCUT2D eigenvalue weighted by Crippen LogP contribution is 2.45. The number of fused-ring (bicyclic) bond motifs is 1. The third-order valence-corrected chi connectivity index (χ3v) is 6.86. The van der Waals surface area contributed by atoms with Gasteiger partial charge >= 0.3 is 11.9 Å². The molecule has 0 bridgehead atoms. The van der Waals surface area contributed by atoms with Crippen molar-refractivity contribution in [3.63, 3.8) is 0 Å². The molecular formula is C27H29NO7. The Hall–Kier alpha value is -3.68. The number of hydrogen-bond acceptors (Lipinski definition) is 8. The van der Waals surface area contributed by atoms with Crippen LogP contribution < -0.4 is 10.7 Å². The van der Waals surface area contributed by atoms with Crippen LogP contribution in [0.5, 0.6) is 0 Å². The van der Waals surface area contributed by atoms with Gasteiger partial charge < -0.3 is 19.2 Å². The minimum absolute atomic E-state index is 0.139. The predicted molar refractivity (Wildman–Crippen MR) is 128 cm³/mol. The number of benzene rings is 1. The molecule has 2 aliphatic rings. The molecule has 1 aliphatic carbocycles. The molecule has 2 aromatic rings. The van der Waals surface area contributed by atoms with Gasteiger partial charge in [0.2, 0.25) is 0 Å². The first-order chi connectivity index (χ1) is 16.7. The molecule has 1 aromatic carbocycles. The molecule has 1 N–H and O–H groups in total. The highest BCUT2D eigenvalue weighted by atomic mass is 16.5. The van der Waals surface area contributed by atoms with E-state index in [1.165, 1.54) is 13.4 Å². The van der Waals surface area contributed by atoms with Crippen molar-refractivity contribution in [3.8, 4) is 0 Å². The molecule has 0 saturated heterocycles. The van der Waals surface area contributed by atoms with Gasteiger partial charge in [-0.15, -0.1) is 0 Å². The van der Waals surface area contributed by atoms with Crippen LogP contribution in [0.4, 0.5) is 0 Å². The number of ketones is 1. The molecule has 2 heterocycles. The summed E-state index contributed by atoms with van der Waals surface area (Å²) in [6, 6.07) is 6.78.